The molecule has 4 aliphatic heterocycles. The highest BCUT2D eigenvalue weighted by molar-refractivity contribution is 5.76. The maximum Gasteiger partial charge on any atom is 0.338 e. The summed E-state index contributed by atoms with van der Waals surface area (Å²) in [4.78, 5) is 11.6. The van der Waals surface area contributed by atoms with Crippen molar-refractivity contribution in [3.05, 3.63) is 0 Å². The Bertz CT molecular complexity index is 952. The third-order valence-corrected chi connectivity index (χ3v) is 8.08. The van der Waals surface area contributed by atoms with E-state index in [0.717, 1.165) is 0 Å². The molecule has 19 atom stereocenters. The number of aliphatic hydroxyl groups excluding tert-OH is 13. The van der Waals surface area contributed by atoms with Gasteiger partial charge in [-0.1, -0.05) is 0 Å². The molecule has 21 nitrogen and oxygen atoms in total. The van der Waals surface area contributed by atoms with Crippen LogP contribution in [-0.2, 0) is 38.0 Å². The van der Waals surface area contributed by atoms with Crippen LogP contribution in [0.25, 0.3) is 0 Å². The molecule has 0 aromatic rings. The molecule has 0 bridgehead atoms. The van der Waals surface area contributed by atoms with Crippen LogP contribution in [-0.4, -0.2) is 215 Å². The number of carbonyl (C=O) groups excluding carboxylic acids is 1. The molecule has 21 heteroatoms. The van der Waals surface area contributed by atoms with Gasteiger partial charge in [0.15, 0.2) is 31.1 Å². The highest BCUT2D eigenvalue weighted by atomic mass is 16.8. The second-order valence-electron chi connectivity index (χ2n) is 11.0. The van der Waals surface area contributed by atoms with Gasteiger partial charge < -0.3 is 99.5 Å². The van der Waals surface area contributed by atoms with Gasteiger partial charge in [0.2, 0.25) is 0 Å². The van der Waals surface area contributed by atoms with Crippen molar-refractivity contribution >= 4 is 5.97 Å². The third-order valence-electron chi connectivity index (χ3n) is 8.08. The van der Waals surface area contributed by atoms with Crippen LogP contribution in [0.2, 0.25) is 0 Å². The fourth-order valence-corrected chi connectivity index (χ4v) is 5.44. The average Bonchev–Trinajstić information content (AvgIpc) is 3.03. The van der Waals surface area contributed by atoms with Crippen LogP contribution in [0.3, 0.4) is 0 Å². The fourth-order valence-electron chi connectivity index (χ4n) is 5.44. The molecule has 0 spiro atoms. The largest absolute Gasteiger partial charge is 0.455 e. The van der Waals surface area contributed by atoms with Gasteiger partial charge in [-0.2, -0.15) is 0 Å². The van der Waals surface area contributed by atoms with Crippen LogP contribution in [0.5, 0.6) is 0 Å². The van der Waals surface area contributed by atoms with E-state index in [1.807, 2.05) is 0 Å². The summed E-state index contributed by atoms with van der Waals surface area (Å²) in [6.07, 6.45) is -34.0. The van der Waals surface area contributed by atoms with E-state index in [1.54, 1.807) is 0 Å². The molecule has 4 heterocycles. The summed E-state index contributed by atoms with van der Waals surface area (Å²) >= 11 is 0. The minimum absolute atomic E-state index is 0.787. The van der Waals surface area contributed by atoms with Gasteiger partial charge in [0.1, 0.15) is 85.5 Å². The molecule has 4 fully saturated rings. The summed E-state index contributed by atoms with van der Waals surface area (Å²) in [7, 11) is 0. The van der Waals surface area contributed by atoms with E-state index < -0.39 is 149 Å². The Labute approximate surface area is 253 Å². The smallest absolute Gasteiger partial charge is 0.338 e. The molecule has 13 N–H and O–H groups in total. The van der Waals surface area contributed by atoms with Crippen LogP contribution in [0, 0.1) is 0 Å². The second-order valence-corrected chi connectivity index (χ2v) is 11.0. The molecule has 0 amide bonds. The summed E-state index contributed by atoms with van der Waals surface area (Å²) in [6, 6.07) is 0. The predicted molar refractivity (Wildman–Crippen MR) is 133 cm³/mol. The summed E-state index contributed by atoms with van der Waals surface area (Å²) < 4.78 is 37.4. The monoisotopic (exact) mass is 664 g/mol. The van der Waals surface area contributed by atoms with E-state index in [-0.39, 0.29) is 0 Å². The number of hydrogen-bond acceptors (Lipinski definition) is 21. The van der Waals surface area contributed by atoms with Crippen molar-refractivity contribution in [2.24, 2.45) is 0 Å². The number of ether oxygens (including phenoxy) is 7. The van der Waals surface area contributed by atoms with Gasteiger partial charge in [0.05, 0.1) is 26.4 Å². The first-order valence-electron chi connectivity index (χ1n) is 14.0. The van der Waals surface area contributed by atoms with E-state index >= 15 is 0 Å². The minimum Gasteiger partial charge on any atom is -0.455 e. The Morgan fingerprint density at radius 3 is 1.20 bits per heavy atom. The van der Waals surface area contributed by atoms with E-state index in [2.05, 4.69) is 0 Å². The molecule has 45 heavy (non-hydrogen) atoms. The first kappa shape index (κ1) is 36.5. The molecule has 4 aliphatic rings. The molecular formula is C24H40O21. The Morgan fingerprint density at radius 2 is 0.800 bits per heavy atom. The van der Waals surface area contributed by atoms with Crippen molar-refractivity contribution in [2.45, 2.75) is 117 Å². The van der Waals surface area contributed by atoms with Gasteiger partial charge >= 0.3 is 5.97 Å². The first-order chi connectivity index (χ1) is 21.3. The second kappa shape index (κ2) is 15.3. The molecule has 0 saturated carbocycles. The van der Waals surface area contributed by atoms with Crippen molar-refractivity contribution in [2.75, 3.05) is 26.4 Å². The Kier molecular flexibility index (Phi) is 12.4. The lowest BCUT2D eigenvalue weighted by Crippen LogP contribution is -2.67. The van der Waals surface area contributed by atoms with Crippen LogP contribution in [0.15, 0.2) is 0 Å². The topological polar surface area (TPSA) is 345 Å². The summed E-state index contributed by atoms with van der Waals surface area (Å²) in [6.45, 7) is -3.47. The van der Waals surface area contributed by atoms with Gasteiger partial charge in [-0.25, -0.2) is 4.79 Å². The van der Waals surface area contributed by atoms with E-state index in [1.165, 1.54) is 0 Å². The standard InChI is InChI=1S/C24H40O21/c25-1-5-9(29)10(30)15(35)22(40-5)44-19-7(3-27)42-24(17(37)12(19)32)45-20-8(4-28)41-23(16(36)13(20)33)43-18-6(2-26)39-21(38)14(34)11(18)31/h5-20,22-37H,1-4H2/t5-,6-,7-,8-,9-,10+,11-,12-,13-,14-,15-,16-,17-,18-,19-,20-,22-,23-,24-/m1/s1. The SMILES string of the molecule is O=C1O[C@H](CO)[C@@H](O[C@H]2O[C@H](CO)[C@@H](O[C@H]3O[C@H](CO)[C@@H](O[C@H]4O[C@H](CO)[C@@H](O)[C@H](O)[C@H]4O)[C@H](O)[C@H]3O)[C@H](O)[C@H]2O)[C@H](O)[C@H]1O. The molecule has 4 rings (SSSR count). The number of carbonyl (C=O) groups is 1. The van der Waals surface area contributed by atoms with E-state index in [4.69, 9.17) is 33.2 Å². The summed E-state index contributed by atoms with van der Waals surface area (Å²) in [5.41, 5.74) is 0. The fraction of sp³-hybridized carbons (Fsp3) is 0.958. The highest BCUT2D eigenvalue weighted by Gasteiger charge is 2.55. The van der Waals surface area contributed by atoms with Crippen molar-refractivity contribution in [1.82, 2.24) is 0 Å². The number of rotatable bonds is 10. The van der Waals surface area contributed by atoms with Gasteiger partial charge in [-0.15, -0.1) is 0 Å². The number of aliphatic hydroxyl groups is 13. The molecule has 4 saturated heterocycles. The lowest BCUT2D eigenvalue weighted by Gasteiger charge is -2.48. The van der Waals surface area contributed by atoms with Crippen molar-refractivity contribution < 1.29 is 104 Å². The maximum absolute atomic E-state index is 11.6. The number of hydrogen-bond donors (Lipinski definition) is 13. The van der Waals surface area contributed by atoms with Crippen molar-refractivity contribution in [3.8, 4) is 0 Å². The van der Waals surface area contributed by atoms with Crippen molar-refractivity contribution in [1.29, 1.82) is 0 Å². The zero-order valence-electron chi connectivity index (χ0n) is 23.4. The molecule has 0 aliphatic carbocycles. The van der Waals surface area contributed by atoms with E-state index in [9.17, 15) is 71.2 Å². The van der Waals surface area contributed by atoms with Crippen LogP contribution in [0.4, 0.5) is 0 Å². The van der Waals surface area contributed by atoms with Gasteiger partial charge in [-0.3, -0.25) is 0 Å². The Balaban J connectivity index is 1.43. The zero-order valence-corrected chi connectivity index (χ0v) is 23.4. The average molecular weight is 665 g/mol. The first-order valence-corrected chi connectivity index (χ1v) is 14.0. The zero-order chi connectivity index (χ0) is 33.3. The minimum atomic E-state index is -2.07. The van der Waals surface area contributed by atoms with Gasteiger partial charge in [0, 0.05) is 0 Å². The van der Waals surface area contributed by atoms with Crippen molar-refractivity contribution in [3.63, 3.8) is 0 Å². The van der Waals surface area contributed by atoms with Crippen LogP contribution < -0.4 is 0 Å². The number of cyclic esters (lactones) is 1. The molecule has 0 unspecified atom stereocenters. The number of esters is 1. The normalized spacial score (nSPS) is 51.1. The molecule has 262 valence electrons. The molecule has 0 aromatic carbocycles. The Hall–Kier alpha value is -1.29. The lowest BCUT2D eigenvalue weighted by atomic mass is 9.95. The third kappa shape index (κ3) is 7.26. The maximum atomic E-state index is 11.6. The quantitative estimate of drug-likeness (QED) is 0.0964. The van der Waals surface area contributed by atoms with Gasteiger partial charge in [0.25, 0.3) is 0 Å². The van der Waals surface area contributed by atoms with E-state index in [0.29, 0.717) is 0 Å². The summed E-state index contributed by atoms with van der Waals surface area (Å²) in [5, 5.41) is 132. The molecule has 0 aromatic heterocycles. The van der Waals surface area contributed by atoms with Crippen LogP contribution >= 0.6 is 0 Å². The molecule has 0 radical (unpaired) electrons. The highest BCUT2D eigenvalue weighted by Crippen LogP contribution is 2.33. The van der Waals surface area contributed by atoms with Gasteiger partial charge in [-0.05, 0) is 0 Å². The lowest BCUT2D eigenvalue weighted by molar-refractivity contribution is -0.383. The van der Waals surface area contributed by atoms with Crippen LogP contribution in [0.1, 0.15) is 0 Å². The molecular weight excluding hydrogens is 624 g/mol. The predicted octanol–water partition coefficient (Wildman–Crippen LogP) is -9.54. The Morgan fingerprint density at radius 1 is 0.444 bits per heavy atom. The summed E-state index contributed by atoms with van der Waals surface area (Å²) in [5.74, 6) is -1.25.